The number of nitrogens with zero attached hydrogens (tertiary/aromatic N) is 1. The maximum atomic E-state index is 13.8. The van der Waals surface area contributed by atoms with E-state index in [1.807, 2.05) is 0 Å². The summed E-state index contributed by atoms with van der Waals surface area (Å²) in [5.41, 5.74) is 0.0239. The Balaban J connectivity index is 2.36. The third-order valence-electron chi connectivity index (χ3n) is 3.48. The number of benzene rings is 1. The molecule has 1 aromatic carbocycles. The molecular formula is C13H15F2NO. The first-order chi connectivity index (χ1) is 8.02. The summed E-state index contributed by atoms with van der Waals surface area (Å²) in [7, 11) is 0. The molecule has 0 aromatic heterocycles. The Kier molecular flexibility index (Phi) is 3.13. The minimum Gasteiger partial charge on any atom is -0.366 e. The lowest BCUT2D eigenvalue weighted by Crippen LogP contribution is -2.22. The van der Waals surface area contributed by atoms with Crippen molar-refractivity contribution in [3.8, 4) is 0 Å². The van der Waals surface area contributed by atoms with E-state index in [9.17, 15) is 13.6 Å². The van der Waals surface area contributed by atoms with Gasteiger partial charge in [0, 0.05) is 18.7 Å². The molecule has 0 radical (unpaired) electrons. The summed E-state index contributed by atoms with van der Waals surface area (Å²) in [6, 6.07) is 2.16. The largest absolute Gasteiger partial charge is 0.366 e. The first kappa shape index (κ1) is 12.0. The van der Waals surface area contributed by atoms with Crippen molar-refractivity contribution < 1.29 is 13.6 Å². The topological polar surface area (TPSA) is 20.3 Å². The molecule has 2 nitrogen and oxygen atoms in total. The second-order valence-corrected chi connectivity index (χ2v) is 4.81. The standard InChI is InChI=1S/C13H15F2NO/c1-8-5-16(6-9(8)2)13-11(14)3-10(7-17)4-12(13)15/h3-4,7-9H,5-6H2,1-2H3. The van der Waals surface area contributed by atoms with Gasteiger partial charge in [0.05, 0.1) is 0 Å². The molecule has 1 aromatic rings. The minimum atomic E-state index is -0.659. The fourth-order valence-corrected chi connectivity index (χ4v) is 2.27. The number of anilines is 1. The lowest BCUT2D eigenvalue weighted by Gasteiger charge is -2.20. The molecule has 0 saturated carbocycles. The summed E-state index contributed by atoms with van der Waals surface area (Å²) in [6.07, 6.45) is 0.450. The predicted molar refractivity (Wildman–Crippen MR) is 62.3 cm³/mol. The van der Waals surface area contributed by atoms with Crippen LogP contribution in [0.25, 0.3) is 0 Å². The van der Waals surface area contributed by atoms with E-state index in [0.717, 1.165) is 12.1 Å². The molecule has 92 valence electrons. The van der Waals surface area contributed by atoms with Crippen LogP contribution >= 0.6 is 0 Å². The van der Waals surface area contributed by atoms with Crippen LogP contribution in [0, 0.1) is 23.5 Å². The molecular weight excluding hydrogens is 224 g/mol. The predicted octanol–water partition coefficient (Wildman–Crippen LogP) is 2.87. The first-order valence-corrected chi connectivity index (χ1v) is 5.72. The van der Waals surface area contributed by atoms with Gasteiger partial charge in [-0.05, 0) is 24.0 Å². The van der Waals surface area contributed by atoms with E-state index in [1.54, 1.807) is 4.90 Å². The van der Waals surface area contributed by atoms with Crippen molar-refractivity contribution in [1.29, 1.82) is 0 Å². The first-order valence-electron chi connectivity index (χ1n) is 5.72. The zero-order valence-electron chi connectivity index (χ0n) is 9.91. The second kappa shape index (κ2) is 4.43. The highest BCUT2D eigenvalue weighted by atomic mass is 19.1. The SMILES string of the molecule is CC1CN(c2c(F)cc(C=O)cc2F)CC1C. The maximum Gasteiger partial charge on any atom is 0.150 e. The van der Waals surface area contributed by atoms with Crippen molar-refractivity contribution in [2.75, 3.05) is 18.0 Å². The maximum absolute atomic E-state index is 13.8. The summed E-state index contributed by atoms with van der Waals surface area (Å²) in [4.78, 5) is 12.2. The quantitative estimate of drug-likeness (QED) is 0.740. The monoisotopic (exact) mass is 239 g/mol. The average molecular weight is 239 g/mol. The van der Waals surface area contributed by atoms with Crippen LogP contribution in [0.3, 0.4) is 0 Å². The van der Waals surface area contributed by atoms with Crippen molar-refractivity contribution in [2.24, 2.45) is 11.8 Å². The molecule has 0 amide bonds. The molecule has 0 spiro atoms. The molecule has 1 heterocycles. The Hall–Kier alpha value is -1.45. The molecule has 1 fully saturated rings. The molecule has 2 rings (SSSR count). The summed E-state index contributed by atoms with van der Waals surface area (Å²) in [6.45, 7) is 5.44. The summed E-state index contributed by atoms with van der Waals surface area (Å²) < 4.78 is 27.5. The molecule has 4 heteroatoms. The van der Waals surface area contributed by atoms with Crippen LogP contribution in [-0.4, -0.2) is 19.4 Å². The van der Waals surface area contributed by atoms with Crippen LogP contribution in [0.5, 0.6) is 0 Å². The molecule has 0 N–H and O–H groups in total. The smallest absolute Gasteiger partial charge is 0.150 e. The van der Waals surface area contributed by atoms with Crippen molar-refractivity contribution in [2.45, 2.75) is 13.8 Å². The number of aldehydes is 1. The minimum absolute atomic E-state index is 0.00759. The van der Waals surface area contributed by atoms with E-state index >= 15 is 0 Å². The van der Waals surface area contributed by atoms with Crippen molar-refractivity contribution >= 4 is 12.0 Å². The fraction of sp³-hybridized carbons (Fsp3) is 0.462. The number of carbonyl (C=O) groups is 1. The van der Waals surface area contributed by atoms with Gasteiger partial charge in [-0.2, -0.15) is 0 Å². The van der Waals surface area contributed by atoms with Gasteiger partial charge >= 0.3 is 0 Å². The van der Waals surface area contributed by atoms with Gasteiger partial charge in [-0.3, -0.25) is 4.79 Å². The average Bonchev–Trinajstić information content (AvgIpc) is 2.57. The van der Waals surface area contributed by atoms with Gasteiger partial charge in [-0.15, -0.1) is 0 Å². The molecule has 17 heavy (non-hydrogen) atoms. The summed E-state index contributed by atoms with van der Waals surface area (Å²) in [5.74, 6) is -0.485. The molecule has 1 aliphatic rings. The van der Waals surface area contributed by atoms with Crippen LogP contribution in [-0.2, 0) is 0 Å². The van der Waals surface area contributed by atoms with Crippen LogP contribution in [0.2, 0.25) is 0 Å². The Morgan fingerprint density at radius 1 is 1.18 bits per heavy atom. The Labute approximate surface area is 99.2 Å². The summed E-state index contributed by atoms with van der Waals surface area (Å²) in [5, 5.41) is 0. The number of hydrogen-bond acceptors (Lipinski definition) is 2. The van der Waals surface area contributed by atoms with Gasteiger partial charge in [-0.25, -0.2) is 8.78 Å². The van der Waals surface area contributed by atoms with Gasteiger partial charge in [0.1, 0.15) is 23.6 Å². The number of rotatable bonds is 2. The van der Waals surface area contributed by atoms with E-state index in [-0.39, 0.29) is 11.3 Å². The molecule has 2 unspecified atom stereocenters. The van der Waals surface area contributed by atoms with E-state index < -0.39 is 11.6 Å². The second-order valence-electron chi connectivity index (χ2n) is 4.81. The van der Waals surface area contributed by atoms with E-state index in [0.29, 0.717) is 31.2 Å². The van der Waals surface area contributed by atoms with E-state index in [2.05, 4.69) is 13.8 Å². The highest BCUT2D eigenvalue weighted by Crippen LogP contribution is 2.31. The zero-order valence-corrected chi connectivity index (χ0v) is 9.91. The highest BCUT2D eigenvalue weighted by Gasteiger charge is 2.29. The normalized spacial score (nSPS) is 24.1. The zero-order chi connectivity index (χ0) is 12.6. The van der Waals surface area contributed by atoms with E-state index in [4.69, 9.17) is 0 Å². The van der Waals surface area contributed by atoms with E-state index in [1.165, 1.54) is 0 Å². The molecule has 1 aliphatic heterocycles. The Morgan fingerprint density at radius 2 is 1.65 bits per heavy atom. The van der Waals surface area contributed by atoms with Crippen molar-refractivity contribution in [3.05, 3.63) is 29.3 Å². The van der Waals surface area contributed by atoms with Crippen LogP contribution in [0.1, 0.15) is 24.2 Å². The van der Waals surface area contributed by atoms with Crippen LogP contribution in [0.15, 0.2) is 12.1 Å². The highest BCUT2D eigenvalue weighted by molar-refractivity contribution is 5.76. The van der Waals surface area contributed by atoms with Gasteiger partial charge in [-0.1, -0.05) is 13.8 Å². The fourth-order valence-electron chi connectivity index (χ4n) is 2.27. The lowest BCUT2D eigenvalue weighted by molar-refractivity contribution is 0.112. The van der Waals surface area contributed by atoms with Gasteiger partial charge in [0.15, 0.2) is 0 Å². The number of halogens is 2. The van der Waals surface area contributed by atoms with Crippen LogP contribution in [0.4, 0.5) is 14.5 Å². The number of hydrogen-bond donors (Lipinski definition) is 0. The Bertz CT molecular complexity index is 414. The third kappa shape index (κ3) is 2.16. The lowest BCUT2D eigenvalue weighted by atomic mass is 10.0. The number of carbonyl (C=O) groups excluding carboxylic acids is 1. The molecule has 0 bridgehead atoms. The third-order valence-corrected chi connectivity index (χ3v) is 3.48. The molecule has 0 aliphatic carbocycles. The van der Waals surface area contributed by atoms with Crippen LogP contribution < -0.4 is 4.90 Å². The van der Waals surface area contributed by atoms with Gasteiger partial charge in [0.25, 0.3) is 0 Å². The summed E-state index contributed by atoms with van der Waals surface area (Å²) >= 11 is 0. The molecule has 2 atom stereocenters. The van der Waals surface area contributed by atoms with Crippen molar-refractivity contribution in [3.63, 3.8) is 0 Å². The van der Waals surface area contributed by atoms with Gasteiger partial charge < -0.3 is 4.90 Å². The van der Waals surface area contributed by atoms with Crippen molar-refractivity contribution in [1.82, 2.24) is 0 Å². The molecule has 1 saturated heterocycles. The van der Waals surface area contributed by atoms with Gasteiger partial charge in [0.2, 0.25) is 0 Å². The Morgan fingerprint density at radius 3 is 2.06 bits per heavy atom.